The Hall–Kier alpha value is -1.16. The van der Waals surface area contributed by atoms with Crippen LogP contribution in [0.2, 0.25) is 0 Å². The summed E-state index contributed by atoms with van der Waals surface area (Å²) in [5, 5.41) is 0. The zero-order valence-corrected chi connectivity index (χ0v) is 9.59. The lowest BCUT2D eigenvalue weighted by Gasteiger charge is -2.05. The maximum absolute atomic E-state index is 11.7. The van der Waals surface area contributed by atoms with Gasteiger partial charge in [0.05, 0.1) is 0 Å². The summed E-state index contributed by atoms with van der Waals surface area (Å²) >= 11 is 0. The third kappa shape index (κ3) is 3.16. The Kier molecular flexibility index (Phi) is 4.49. The predicted molar refractivity (Wildman–Crippen MR) is 58.9 cm³/mol. The van der Waals surface area contributed by atoms with Crippen molar-refractivity contribution in [1.29, 1.82) is 0 Å². The van der Waals surface area contributed by atoms with Crippen LogP contribution < -0.4 is 5.56 Å². The fourth-order valence-corrected chi connectivity index (χ4v) is 1.52. The Labute approximate surface area is 89.7 Å². The summed E-state index contributed by atoms with van der Waals surface area (Å²) in [5.41, 5.74) is 1.60. The third-order valence-electron chi connectivity index (χ3n) is 2.33. The van der Waals surface area contributed by atoms with E-state index in [9.17, 15) is 4.79 Å². The maximum Gasteiger partial charge on any atom is 0.254 e. The van der Waals surface area contributed by atoms with Gasteiger partial charge in [0.15, 0.2) is 0 Å². The molecule has 0 aliphatic carbocycles. The summed E-state index contributed by atoms with van der Waals surface area (Å²) < 4.78 is 4.93. The van der Waals surface area contributed by atoms with Crippen LogP contribution in [0, 0.1) is 6.92 Å². The number of H-pyrrole nitrogens is 1. The Morgan fingerprint density at radius 3 is 2.73 bits per heavy atom. The minimum Gasteiger partial charge on any atom is -0.377 e. The van der Waals surface area contributed by atoms with Gasteiger partial charge in [-0.05, 0) is 19.8 Å². The fraction of sp³-hybridized carbons (Fsp3) is 0.636. The number of nitrogens with one attached hydrogen (secondary N) is 1. The normalized spacial score (nSPS) is 10.6. The molecule has 0 aromatic carbocycles. The van der Waals surface area contributed by atoms with Gasteiger partial charge in [-0.3, -0.25) is 4.79 Å². The van der Waals surface area contributed by atoms with E-state index >= 15 is 0 Å². The molecule has 0 saturated heterocycles. The number of nitrogens with zero attached hydrogens (tertiary/aromatic N) is 1. The number of aromatic nitrogens is 2. The second kappa shape index (κ2) is 5.66. The van der Waals surface area contributed by atoms with E-state index < -0.39 is 0 Å². The quantitative estimate of drug-likeness (QED) is 0.802. The summed E-state index contributed by atoms with van der Waals surface area (Å²) in [5.74, 6) is 0.597. The highest BCUT2D eigenvalue weighted by molar-refractivity contribution is 5.16. The van der Waals surface area contributed by atoms with Crippen molar-refractivity contribution in [3.63, 3.8) is 0 Å². The number of unbranched alkanes of at least 4 members (excludes halogenated alkanes) is 1. The van der Waals surface area contributed by atoms with Gasteiger partial charge in [0.25, 0.3) is 5.56 Å². The van der Waals surface area contributed by atoms with Crippen LogP contribution >= 0.6 is 0 Å². The van der Waals surface area contributed by atoms with Crippen molar-refractivity contribution < 1.29 is 4.74 Å². The van der Waals surface area contributed by atoms with Crippen molar-refractivity contribution in [2.24, 2.45) is 0 Å². The average molecular weight is 210 g/mol. The molecule has 0 unspecified atom stereocenters. The van der Waals surface area contributed by atoms with E-state index in [1.54, 1.807) is 7.11 Å². The third-order valence-corrected chi connectivity index (χ3v) is 2.33. The standard InChI is InChI=1S/C11H18N2O2/c1-4-5-6-9-8(2)12-10(7-15-3)13-11(9)14/h4-7H2,1-3H3,(H,12,13,14). The van der Waals surface area contributed by atoms with Crippen LogP contribution in [0.4, 0.5) is 0 Å². The molecule has 15 heavy (non-hydrogen) atoms. The zero-order chi connectivity index (χ0) is 11.3. The smallest absolute Gasteiger partial charge is 0.254 e. The molecule has 1 N–H and O–H groups in total. The highest BCUT2D eigenvalue weighted by Crippen LogP contribution is 2.04. The summed E-state index contributed by atoms with van der Waals surface area (Å²) in [6.07, 6.45) is 2.91. The van der Waals surface area contributed by atoms with Crippen LogP contribution in [0.15, 0.2) is 4.79 Å². The van der Waals surface area contributed by atoms with Gasteiger partial charge in [-0.15, -0.1) is 0 Å². The molecule has 0 aliphatic rings. The number of ether oxygens (including phenoxy) is 1. The van der Waals surface area contributed by atoms with Crippen molar-refractivity contribution in [3.05, 3.63) is 27.4 Å². The summed E-state index contributed by atoms with van der Waals surface area (Å²) in [4.78, 5) is 18.7. The first-order valence-corrected chi connectivity index (χ1v) is 5.26. The molecule has 1 aromatic rings. The topological polar surface area (TPSA) is 55.0 Å². The van der Waals surface area contributed by atoms with Crippen molar-refractivity contribution >= 4 is 0 Å². The SMILES string of the molecule is CCCCc1c(C)nc(COC)[nH]c1=O. The van der Waals surface area contributed by atoms with Gasteiger partial charge in [0.2, 0.25) is 0 Å². The van der Waals surface area contributed by atoms with Gasteiger partial charge < -0.3 is 9.72 Å². The molecule has 0 fully saturated rings. The number of rotatable bonds is 5. The van der Waals surface area contributed by atoms with Gasteiger partial charge in [-0.2, -0.15) is 0 Å². The molecule has 4 nitrogen and oxygen atoms in total. The monoisotopic (exact) mass is 210 g/mol. The minimum absolute atomic E-state index is 0.0250. The highest BCUT2D eigenvalue weighted by Gasteiger charge is 2.07. The van der Waals surface area contributed by atoms with Crippen molar-refractivity contribution in [2.45, 2.75) is 39.7 Å². The first kappa shape index (κ1) is 11.9. The van der Waals surface area contributed by atoms with Crippen molar-refractivity contribution in [1.82, 2.24) is 9.97 Å². The number of methoxy groups -OCH3 is 1. The molecule has 4 heteroatoms. The van der Waals surface area contributed by atoms with Crippen LogP contribution in [0.3, 0.4) is 0 Å². The molecular weight excluding hydrogens is 192 g/mol. The number of hydrogen-bond acceptors (Lipinski definition) is 3. The summed E-state index contributed by atoms with van der Waals surface area (Å²) in [6, 6.07) is 0. The largest absolute Gasteiger partial charge is 0.377 e. The molecule has 0 atom stereocenters. The zero-order valence-electron chi connectivity index (χ0n) is 9.59. The van der Waals surface area contributed by atoms with E-state index in [-0.39, 0.29) is 5.56 Å². The van der Waals surface area contributed by atoms with Crippen molar-refractivity contribution in [2.75, 3.05) is 7.11 Å². The molecule has 0 aliphatic heterocycles. The molecule has 84 valence electrons. The first-order chi connectivity index (χ1) is 7.19. The van der Waals surface area contributed by atoms with Crippen LogP contribution in [-0.2, 0) is 17.8 Å². The molecule has 0 radical (unpaired) electrons. The van der Waals surface area contributed by atoms with E-state index in [2.05, 4.69) is 16.9 Å². The first-order valence-electron chi connectivity index (χ1n) is 5.26. The second-order valence-corrected chi connectivity index (χ2v) is 3.61. The molecule has 0 bridgehead atoms. The molecular formula is C11H18N2O2. The lowest BCUT2D eigenvalue weighted by molar-refractivity contribution is 0.177. The van der Waals surface area contributed by atoms with Crippen LogP contribution in [0.5, 0.6) is 0 Å². The van der Waals surface area contributed by atoms with E-state index in [0.29, 0.717) is 12.4 Å². The van der Waals surface area contributed by atoms with Gasteiger partial charge in [0, 0.05) is 18.4 Å². The van der Waals surface area contributed by atoms with E-state index in [1.165, 1.54) is 0 Å². The molecule has 1 heterocycles. The van der Waals surface area contributed by atoms with Gasteiger partial charge in [-0.25, -0.2) is 4.98 Å². The minimum atomic E-state index is -0.0250. The summed E-state index contributed by atoms with van der Waals surface area (Å²) in [6.45, 7) is 4.33. The van der Waals surface area contributed by atoms with Crippen molar-refractivity contribution in [3.8, 4) is 0 Å². The van der Waals surface area contributed by atoms with E-state index in [4.69, 9.17) is 4.74 Å². The molecule has 1 aromatic heterocycles. The van der Waals surface area contributed by atoms with Gasteiger partial charge in [0.1, 0.15) is 12.4 Å². The Bertz CT molecular complexity index is 371. The Balaban J connectivity index is 2.94. The highest BCUT2D eigenvalue weighted by atomic mass is 16.5. The average Bonchev–Trinajstić information content (AvgIpc) is 2.17. The predicted octanol–water partition coefficient (Wildman–Crippen LogP) is 1.57. The lowest BCUT2D eigenvalue weighted by atomic mass is 10.1. The van der Waals surface area contributed by atoms with Crippen LogP contribution in [0.1, 0.15) is 36.8 Å². The van der Waals surface area contributed by atoms with Gasteiger partial charge in [-0.1, -0.05) is 13.3 Å². The molecule has 0 spiro atoms. The molecule has 1 rings (SSSR count). The number of aromatic amines is 1. The summed E-state index contributed by atoms with van der Waals surface area (Å²) in [7, 11) is 1.58. The van der Waals surface area contributed by atoms with Crippen LogP contribution in [0.25, 0.3) is 0 Å². The Morgan fingerprint density at radius 2 is 2.20 bits per heavy atom. The second-order valence-electron chi connectivity index (χ2n) is 3.61. The maximum atomic E-state index is 11.7. The fourth-order valence-electron chi connectivity index (χ4n) is 1.52. The van der Waals surface area contributed by atoms with Gasteiger partial charge >= 0.3 is 0 Å². The van der Waals surface area contributed by atoms with E-state index in [0.717, 1.165) is 30.5 Å². The number of hydrogen-bond donors (Lipinski definition) is 1. The Morgan fingerprint density at radius 1 is 1.47 bits per heavy atom. The molecule has 0 amide bonds. The number of aryl methyl sites for hydroxylation is 1. The van der Waals surface area contributed by atoms with E-state index in [1.807, 2.05) is 6.92 Å². The van der Waals surface area contributed by atoms with Crippen LogP contribution in [-0.4, -0.2) is 17.1 Å². The lowest BCUT2D eigenvalue weighted by Crippen LogP contribution is -2.19. The molecule has 0 saturated carbocycles.